The van der Waals surface area contributed by atoms with Crippen molar-refractivity contribution in [3.63, 3.8) is 0 Å². The van der Waals surface area contributed by atoms with Crippen molar-refractivity contribution in [2.45, 2.75) is 78.3 Å². The van der Waals surface area contributed by atoms with E-state index in [1.54, 1.807) is 43.4 Å². The number of benzene rings is 1. The Morgan fingerprint density at radius 3 is 2.41 bits per heavy atom. The summed E-state index contributed by atoms with van der Waals surface area (Å²) in [7, 11) is 3.44. The first-order chi connectivity index (χ1) is 19.5. The van der Waals surface area contributed by atoms with E-state index >= 15 is 0 Å². The third kappa shape index (κ3) is 8.71. The van der Waals surface area contributed by atoms with E-state index in [0.29, 0.717) is 61.5 Å². The number of nitrogens with zero attached hydrogens (tertiary/aromatic N) is 5. The molecule has 9 nitrogen and oxygen atoms in total. The van der Waals surface area contributed by atoms with Gasteiger partial charge >= 0.3 is 0 Å². The fourth-order valence-electron chi connectivity index (χ4n) is 5.33. The molecule has 41 heavy (non-hydrogen) atoms. The number of carbonyl (C=O) groups excluding carboxylic acids is 3. The van der Waals surface area contributed by atoms with Crippen LogP contribution in [0, 0.1) is 5.92 Å². The molecule has 0 N–H and O–H groups in total. The van der Waals surface area contributed by atoms with E-state index in [1.165, 1.54) is 4.90 Å². The van der Waals surface area contributed by atoms with Gasteiger partial charge in [-0.15, -0.1) is 0 Å². The monoisotopic (exact) mass is 587 g/mol. The lowest BCUT2D eigenvalue weighted by molar-refractivity contribution is -0.136. The van der Waals surface area contributed by atoms with Crippen LogP contribution < -0.4 is 4.74 Å². The van der Waals surface area contributed by atoms with Crippen LogP contribution in [0.5, 0.6) is 5.75 Å². The maximum absolute atomic E-state index is 13.6. The molecule has 10 heteroatoms. The average molecular weight is 588 g/mol. The van der Waals surface area contributed by atoms with E-state index in [1.807, 2.05) is 24.9 Å². The van der Waals surface area contributed by atoms with Crippen LogP contribution in [0.25, 0.3) is 0 Å². The molecule has 3 amide bonds. The highest BCUT2D eigenvalue weighted by molar-refractivity contribution is 6.31. The highest BCUT2D eigenvalue weighted by Crippen LogP contribution is 2.26. The number of likely N-dealkylation sites (N-methyl/N-ethyl adjacent to an activating group) is 2. The minimum Gasteiger partial charge on any atom is -0.493 e. The molecule has 1 atom stereocenters. The molecule has 0 bridgehead atoms. The van der Waals surface area contributed by atoms with Gasteiger partial charge in [0.2, 0.25) is 11.8 Å². The summed E-state index contributed by atoms with van der Waals surface area (Å²) in [4.78, 5) is 50.0. The molecular weight excluding hydrogens is 542 g/mol. The number of fused-ring (bicyclic) bond motifs is 1. The van der Waals surface area contributed by atoms with Gasteiger partial charge in [-0.05, 0) is 49.8 Å². The van der Waals surface area contributed by atoms with Gasteiger partial charge in [-0.1, -0.05) is 39.3 Å². The Balaban J connectivity index is 1.77. The second-order valence-corrected chi connectivity index (χ2v) is 12.0. The second-order valence-electron chi connectivity index (χ2n) is 11.5. The van der Waals surface area contributed by atoms with Crippen molar-refractivity contribution in [2.24, 2.45) is 5.92 Å². The summed E-state index contributed by atoms with van der Waals surface area (Å²) >= 11 is 6.26. The highest BCUT2D eigenvalue weighted by atomic mass is 35.5. The zero-order valence-corrected chi connectivity index (χ0v) is 26.2. The van der Waals surface area contributed by atoms with E-state index in [4.69, 9.17) is 16.3 Å². The van der Waals surface area contributed by atoms with Crippen molar-refractivity contribution in [3.05, 3.63) is 47.0 Å². The van der Waals surface area contributed by atoms with Gasteiger partial charge in [0.05, 0.1) is 12.2 Å². The SMILES string of the molecule is CC(C)c1nccn1CCC(=O)N1CCCCOc2ccc(Cl)cc2C(=O)N(C)[C@@H](C(C)C)C(=O)N(C)CCCC1. The van der Waals surface area contributed by atoms with Crippen molar-refractivity contribution in [2.75, 3.05) is 40.3 Å². The lowest BCUT2D eigenvalue weighted by atomic mass is 10.00. The smallest absolute Gasteiger partial charge is 0.258 e. The van der Waals surface area contributed by atoms with E-state index in [9.17, 15) is 14.4 Å². The predicted octanol–water partition coefficient (Wildman–Crippen LogP) is 5.09. The lowest BCUT2D eigenvalue weighted by Gasteiger charge is -2.33. The summed E-state index contributed by atoms with van der Waals surface area (Å²) in [6, 6.07) is 4.36. The Bertz CT molecular complexity index is 1180. The Hall–Kier alpha value is -3.07. The molecule has 1 aromatic heterocycles. The number of hydrogen-bond donors (Lipinski definition) is 0. The molecule has 1 aliphatic heterocycles. The molecule has 3 rings (SSSR count). The van der Waals surface area contributed by atoms with Crippen LogP contribution in [0.15, 0.2) is 30.6 Å². The van der Waals surface area contributed by atoms with Gasteiger partial charge in [0, 0.05) is 70.0 Å². The minimum absolute atomic E-state index is 0.0932. The number of halogens is 1. The van der Waals surface area contributed by atoms with Crippen molar-refractivity contribution in [3.8, 4) is 5.75 Å². The summed E-state index contributed by atoms with van der Waals surface area (Å²) in [5.74, 6) is 1.32. The van der Waals surface area contributed by atoms with Crippen molar-refractivity contribution < 1.29 is 19.1 Å². The molecule has 2 heterocycles. The fourth-order valence-corrected chi connectivity index (χ4v) is 5.50. The average Bonchev–Trinajstić information content (AvgIpc) is 3.41. The van der Waals surface area contributed by atoms with E-state index in [2.05, 4.69) is 23.4 Å². The molecule has 2 aromatic rings. The first-order valence-corrected chi connectivity index (χ1v) is 15.1. The van der Waals surface area contributed by atoms with Crippen LogP contribution in [0.3, 0.4) is 0 Å². The molecule has 226 valence electrons. The predicted molar refractivity (Wildman–Crippen MR) is 161 cm³/mol. The maximum atomic E-state index is 13.6. The van der Waals surface area contributed by atoms with Crippen LogP contribution in [0.4, 0.5) is 0 Å². The zero-order valence-electron chi connectivity index (χ0n) is 25.4. The largest absolute Gasteiger partial charge is 0.493 e. The van der Waals surface area contributed by atoms with Crippen LogP contribution in [0.1, 0.15) is 81.9 Å². The van der Waals surface area contributed by atoms with Gasteiger partial charge in [0.15, 0.2) is 0 Å². The molecule has 0 fully saturated rings. The topological polar surface area (TPSA) is 88.0 Å². The Morgan fingerprint density at radius 2 is 1.73 bits per heavy atom. The van der Waals surface area contributed by atoms with E-state index in [0.717, 1.165) is 31.5 Å². The van der Waals surface area contributed by atoms with Gasteiger partial charge in [0.25, 0.3) is 5.91 Å². The fraction of sp³-hybridized carbons (Fsp3) is 0.613. The standard InChI is InChI=1S/C31H46ClN5O4/c1-22(2)28-31(40)34(5)15-7-8-16-36(27(38)13-18-37-19-14-33-29(37)23(3)4)17-9-10-20-41-26-12-11-24(32)21-25(26)30(39)35(28)6/h11-12,14,19,21-23,28H,7-10,13,15-18,20H2,1-6H3/t28-/m0/s1. The molecule has 0 saturated heterocycles. The summed E-state index contributed by atoms with van der Waals surface area (Å²) in [5, 5.41) is 0.426. The lowest BCUT2D eigenvalue weighted by Crippen LogP contribution is -2.51. The molecule has 0 saturated carbocycles. The highest BCUT2D eigenvalue weighted by Gasteiger charge is 2.33. The third-order valence-electron chi connectivity index (χ3n) is 7.61. The Labute approximate surface area is 249 Å². The van der Waals surface area contributed by atoms with Crippen molar-refractivity contribution in [1.29, 1.82) is 0 Å². The van der Waals surface area contributed by atoms with Gasteiger partial charge in [-0.25, -0.2) is 4.98 Å². The quantitative estimate of drug-likeness (QED) is 0.486. The third-order valence-corrected chi connectivity index (χ3v) is 7.84. The second kappa shape index (κ2) is 15.2. The van der Waals surface area contributed by atoms with E-state index in [-0.39, 0.29) is 23.6 Å². The summed E-state index contributed by atoms with van der Waals surface area (Å²) in [5.41, 5.74) is 0.336. The van der Waals surface area contributed by atoms with Gasteiger partial charge < -0.3 is 24.0 Å². The molecule has 0 unspecified atom stereocenters. The summed E-state index contributed by atoms with van der Waals surface area (Å²) in [6.45, 7) is 10.9. The first-order valence-electron chi connectivity index (χ1n) is 14.7. The van der Waals surface area contributed by atoms with Gasteiger partial charge in [0.1, 0.15) is 17.6 Å². The van der Waals surface area contributed by atoms with Gasteiger partial charge in [-0.3, -0.25) is 14.4 Å². The Kier molecular flexibility index (Phi) is 12.1. The van der Waals surface area contributed by atoms with Crippen LogP contribution in [0.2, 0.25) is 5.02 Å². The van der Waals surface area contributed by atoms with Crippen LogP contribution in [-0.2, 0) is 16.1 Å². The van der Waals surface area contributed by atoms with E-state index < -0.39 is 6.04 Å². The number of hydrogen-bond acceptors (Lipinski definition) is 5. The number of ether oxygens (including phenoxy) is 1. The number of rotatable bonds is 5. The minimum atomic E-state index is -0.632. The number of aryl methyl sites for hydroxylation is 1. The van der Waals surface area contributed by atoms with Crippen molar-refractivity contribution in [1.82, 2.24) is 24.3 Å². The first kappa shape index (κ1) is 32.4. The summed E-state index contributed by atoms with van der Waals surface area (Å²) in [6.07, 6.45) is 7.17. The normalized spacial score (nSPS) is 18.5. The maximum Gasteiger partial charge on any atom is 0.258 e. The Morgan fingerprint density at radius 1 is 1.05 bits per heavy atom. The molecule has 0 spiro atoms. The molecule has 0 radical (unpaired) electrons. The van der Waals surface area contributed by atoms with Crippen LogP contribution in [-0.4, -0.2) is 88.4 Å². The number of amides is 3. The molecule has 1 aliphatic rings. The molecule has 0 aliphatic carbocycles. The van der Waals surface area contributed by atoms with Gasteiger partial charge in [-0.2, -0.15) is 0 Å². The number of aromatic nitrogens is 2. The van der Waals surface area contributed by atoms with Crippen molar-refractivity contribution >= 4 is 29.3 Å². The number of carbonyl (C=O) groups is 3. The number of imidazole rings is 1. The summed E-state index contributed by atoms with van der Waals surface area (Å²) < 4.78 is 8.10. The molecular formula is C31H46ClN5O4. The molecule has 1 aromatic carbocycles. The zero-order chi connectivity index (χ0) is 30.1. The van der Waals surface area contributed by atoms with Crippen LogP contribution >= 0.6 is 11.6 Å².